The van der Waals surface area contributed by atoms with Crippen molar-refractivity contribution in [3.63, 3.8) is 0 Å². The highest BCUT2D eigenvalue weighted by atomic mass is 32.1. The highest BCUT2D eigenvalue weighted by Crippen LogP contribution is 2.32. The van der Waals surface area contributed by atoms with Gasteiger partial charge in [-0.1, -0.05) is 29.5 Å². The number of carbonyl (C=O) groups is 1. The Labute approximate surface area is 205 Å². The van der Waals surface area contributed by atoms with Gasteiger partial charge in [0.25, 0.3) is 0 Å². The van der Waals surface area contributed by atoms with Crippen molar-refractivity contribution in [1.82, 2.24) is 20.6 Å². The molecule has 0 radical (unpaired) electrons. The summed E-state index contributed by atoms with van der Waals surface area (Å²) in [5.41, 5.74) is 2.54. The van der Waals surface area contributed by atoms with Gasteiger partial charge in [-0.25, -0.2) is 14.4 Å². The third-order valence-corrected chi connectivity index (χ3v) is 6.71. The van der Waals surface area contributed by atoms with Crippen molar-refractivity contribution in [2.24, 2.45) is 5.92 Å². The van der Waals surface area contributed by atoms with Gasteiger partial charge in [-0.2, -0.15) is 0 Å². The molecule has 3 aromatic rings. The number of pyridine rings is 1. The molecule has 2 aliphatic carbocycles. The summed E-state index contributed by atoms with van der Waals surface area (Å²) in [7, 11) is 0. The minimum atomic E-state index is -0.953. The van der Waals surface area contributed by atoms with Crippen LogP contribution in [-0.2, 0) is 11.3 Å². The van der Waals surface area contributed by atoms with Crippen LogP contribution in [0.25, 0.3) is 10.3 Å². The smallest absolute Gasteiger partial charge is 0.229 e. The van der Waals surface area contributed by atoms with Crippen LogP contribution in [0.2, 0.25) is 0 Å². The van der Waals surface area contributed by atoms with E-state index in [9.17, 15) is 14.3 Å². The lowest BCUT2D eigenvalue weighted by Gasteiger charge is -2.24. The van der Waals surface area contributed by atoms with E-state index in [0.717, 1.165) is 24.0 Å². The van der Waals surface area contributed by atoms with Crippen LogP contribution >= 0.6 is 11.3 Å². The molecule has 10 heteroatoms. The van der Waals surface area contributed by atoms with Crippen molar-refractivity contribution in [3.05, 3.63) is 71.3 Å². The SMILES string of the molecule is CC1=CCC(NC(O)NCc2ccc(F)cc2)C=C1Oc1ccc2nc(NC(=O)C3CC3)sc2n1. The number of halogens is 1. The molecule has 0 aliphatic heterocycles. The summed E-state index contributed by atoms with van der Waals surface area (Å²) in [5.74, 6) is 0.912. The van der Waals surface area contributed by atoms with Gasteiger partial charge in [0.15, 0.2) is 11.5 Å². The predicted molar refractivity (Wildman–Crippen MR) is 132 cm³/mol. The number of fused-ring (bicyclic) bond motifs is 1. The number of anilines is 1. The standard InChI is InChI=1S/C25H26FN5O3S/c1-14-2-9-18(28-24(33)27-13-15-3-7-17(26)8-4-15)12-20(14)34-21-11-10-19-23(30-21)35-25(29-19)31-22(32)16-5-6-16/h2-4,7-8,10-12,16,18,24,27-28,33H,5-6,9,13H2,1H3,(H,29,31,32). The van der Waals surface area contributed by atoms with E-state index in [2.05, 4.69) is 25.9 Å². The Hall–Kier alpha value is -3.18. The van der Waals surface area contributed by atoms with Crippen molar-refractivity contribution in [2.45, 2.75) is 45.1 Å². The number of amides is 1. The zero-order valence-electron chi connectivity index (χ0n) is 19.1. The minimum Gasteiger partial charge on any atom is -0.439 e. The summed E-state index contributed by atoms with van der Waals surface area (Å²) < 4.78 is 19.1. The van der Waals surface area contributed by atoms with Gasteiger partial charge in [-0.15, -0.1) is 0 Å². The summed E-state index contributed by atoms with van der Waals surface area (Å²) in [6, 6.07) is 9.54. The highest BCUT2D eigenvalue weighted by Gasteiger charge is 2.30. The maximum Gasteiger partial charge on any atom is 0.229 e. The van der Waals surface area contributed by atoms with Gasteiger partial charge >= 0.3 is 0 Å². The molecule has 4 N–H and O–H groups in total. The molecule has 2 unspecified atom stereocenters. The third kappa shape index (κ3) is 6.09. The number of carbonyl (C=O) groups excluding carboxylic acids is 1. The van der Waals surface area contributed by atoms with Crippen LogP contribution in [0, 0.1) is 11.7 Å². The predicted octanol–water partition coefficient (Wildman–Crippen LogP) is 3.82. The Bertz CT molecular complexity index is 1290. The number of benzene rings is 1. The zero-order valence-corrected chi connectivity index (χ0v) is 19.9. The molecule has 1 saturated carbocycles. The fraction of sp³-hybridized carbons (Fsp3) is 0.320. The molecule has 2 aliphatic rings. The molecule has 2 aromatic heterocycles. The lowest BCUT2D eigenvalue weighted by Crippen LogP contribution is -2.46. The normalized spacial score (nSPS) is 18.7. The van der Waals surface area contributed by atoms with Gasteiger partial charge in [0, 0.05) is 24.6 Å². The van der Waals surface area contributed by atoms with Gasteiger partial charge in [0.05, 0.1) is 0 Å². The number of ether oxygens (including phenoxy) is 1. The van der Waals surface area contributed by atoms with Crippen LogP contribution in [-0.4, -0.2) is 33.4 Å². The van der Waals surface area contributed by atoms with Crippen LogP contribution in [0.5, 0.6) is 5.88 Å². The topological polar surface area (TPSA) is 108 Å². The van der Waals surface area contributed by atoms with E-state index in [1.807, 2.05) is 25.1 Å². The van der Waals surface area contributed by atoms with Gasteiger partial charge in [-0.05, 0) is 61.6 Å². The number of allylic oxidation sites excluding steroid dienone is 1. The number of aliphatic hydroxyl groups excluding tert-OH is 1. The molecular formula is C25H26FN5O3S. The lowest BCUT2D eigenvalue weighted by molar-refractivity contribution is -0.117. The Morgan fingerprint density at radius 2 is 2.03 bits per heavy atom. The molecule has 0 bridgehead atoms. The lowest BCUT2D eigenvalue weighted by atomic mass is 10.0. The van der Waals surface area contributed by atoms with E-state index in [4.69, 9.17) is 4.74 Å². The fourth-order valence-corrected chi connectivity index (χ4v) is 4.50. The van der Waals surface area contributed by atoms with E-state index in [1.165, 1.54) is 23.5 Å². The van der Waals surface area contributed by atoms with E-state index < -0.39 is 6.35 Å². The number of nitrogens with zero attached hydrogens (tertiary/aromatic N) is 2. The third-order valence-electron chi connectivity index (χ3n) is 5.83. The number of aliphatic hydroxyl groups is 1. The number of thiazole rings is 1. The molecule has 0 saturated heterocycles. The number of rotatable bonds is 9. The maximum absolute atomic E-state index is 13.0. The number of hydrogen-bond donors (Lipinski definition) is 4. The molecule has 1 fully saturated rings. The number of aromatic nitrogens is 2. The molecule has 0 spiro atoms. The van der Waals surface area contributed by atoms with E-state index in [1.54, 1.807) is 18.2 Å². The van der Waals surface area contributed by atoms with E-state index >= 15 is 0 Å². The molecule has 1 aromatic carbocycles. The van der Waals surface area contributed by atoms with Crippen LogP contribution in [0.15, 0.2) is 59.9 Å². The van der Waals surface area contributed by atoms with E-state index in [-0.39, 0.29) is 23.7 Å². The van der Waals surface area contributed by atoms with Gasteiger partial charge in [0.2, 0.25) is 11.8 Å². The van der Waals surface area contributed by atoms with Crippen LogP contribution in [0.4, 0.5) is 9.52 Å². The highest BCUT2D eigenvalue weighted by molar-refractivity contribution is 7.21. The minimum absolute atomic E-state index is 0.0153. The second kappa shape index (κ2) is 10.2. The summed E-state index contributed by atoms with van der Waals surface area (Å²) in [4.78, 5) is 21.7. The van der Waals surface area contributed by atoms with Gasteiger partial charge in [-0.3, -0.25) is 15.4 Å². The van der Waals surface area contributed by atoms with Crippen molar-refractivity contribution in [2.75, 3.05) is 5.32 Å². The fourth-order valence-electron chi connectivity index (χ4n) is 3.67. The molecule has 5 rings (SSSR count). The first-order chi connectivity index (χ1) is 16.9. The quantitative estimate of drug-likeness (QED) is 0.334. The van der Waals surface area contributed by atoms with Crippen LogP contribution in [0.1, 0.15) is 31.7 Å². The Balaban J connectivity index is 1.20. The Morgan fingerprint density at radius 1 is 1.23 bits per heavy atom. The summed E-state index contributed by atoms with van der Waals surface area (Å²) in [6.45, 7) is 2.35. The Morgan fingerprint density at radius 3 is 2.80 bits per heavy atom. The van der Waals surface area contributed by atoms with Crippen LogP contribution in [0.3, 0.4) is 0 Å². The van der Waals surface area contributed by atoms with Crippen molar-refractivity contribution in [1.29, 1.82) is 0 Å². The summed E-state index contributed by atoms with van der Waals surface area (Å²) >= 11 is 1.32. The molecule has 2 atom stereocenters. The second-order valence-corrected chi connectivity index (χ2v) is 9.67. The first kappa shape index (κ1) is 23.6. The molecular weight excluding hydrogens is 469 g/mol. The average molecular weight is 496 g/mol. The monoisotopic (exact) mass is 495 g/mol. The molecule has 1 amide bonds. The molecule has 8 nitrogen and oxygen atoms in total. The van der Waals surface area contributed by atoms with E-state index in [0.29, 0.717) is 40.1 Å². The molecule has 35 heavy (non-hydrogen) atoms. The van der Waals surface area contributed by atoms with Gasteiger partial charge < -0.3 is 15.2 Å². The van der Waals surface area contributed by atoms with Crippen LogP contribution < -0.4 is 20.7 Å². The van der Waals surface area contributed by atoms with Crippen molar-refractivity contribution < 1.29 is 19.0 Å². The molecule has 2 heterocycles. The molecule has 182 valence electrons. The second-order valence-electron chi connectivity index (χ2n) is 8.70. The number of hydrogen-bond acceptors (Lipinski definition) is 8. The summed E-state index contributed by atoms with van der Waals surface area (Å²) in [5, 5.41) is 19.8. The Kier molecular flexibility index (Phi) is 6.87. The maximum atomic E-state index is 13.0. The largest absolute Gasteiger partial charge is 0.439 e. The van der Waals surface area contributed by atoms with Crippen molar-refractivity contribution >= 4 is 32.7 Å². The van der Waals surface area contributed by atoms with Gasteiger partial charge in [0.1, 0.15) is 21.9 Å². The summed E-state index contributed by atoms with van der Waals surface area (Å²) in [6.07, 6.45) is 5.57. The first-order valence-corrected chi connectivity index (χ1v) is 12.3. The first-order valence-electron chi connectivity index (χ1n) is 11.5. The number of nitrogens with one attached hydrogen (secondary N) is 3. The van der Waals surface area contributed by atoms with Crippen molar-refractivity contribution in [3.8, 4) is 5.88 Å². The zero-order chi connectivity index (χ0) is 24.4. The average Bonchev–Trinajstić information content (AvgIpc) is 3.62.